The van der Waals surface area contributed by atoms with E-state index in [1.54, 1.807) is 7.11 Å². The molecular weight excluding hydrogens is 276 g/mol. The van der Waals surface area contributed by atoms with Crippen molar-refractivity contribution >= 4 is 5.97 Å². The number of para-hydroxylation sites is 1. The first kappa shape index (κ1) is 15.8. The molecular formula is C15H20O6. The molecule has 6 nitrogen and oxygen atoms in total. The molecule has 0 spiro atoms. The zero-order chi connectivity index (χ0) is 15.2. The van der Waals surface area contributed by atoms with Gasteiger partial charge in [0.15, 0.2) is 0 Å². The van der Waals surface area contributed by atoms with Crippen LogP contribution in [-0.2, 0) is 20.9 Å². The van der Waals surface area contributed by atoms with Crippen LogP contribution in [0.15, 0.2) is 24.3 Å². The van der Waals surface area contributed by atoms with E-state index in [1.165, 1.54) is 0 Å². The van der Waals surface area contributed by atoms with E-state index in [9.17, 15) is 9.90 Å². The summed E-state index contributed by atoms with van der Waals surface area (Å²) >= 11 is 0. The van der Waals surface area contributed by atoms with Crippen molar-refractivity contribution in [1.82, 2.24) is 0 Å². The first-order valence-electron chi connectivity index (χ1n) is 6.83. The van der Waals surface area contributed by atoms with E-state index in [1.807, 2.05) is 24.3 Å². The second kappa shape index (κ2) is 7.40. The fourth-order valence-corrected chi connectivity index (χ4v) is 2.47. The molecule has 6 heteroatoms. The van der Waals surface area contributed by atoms with Crippen molar-refractivity contribution in [1.29, 1.82) is 0 Å². The van der Waals surface area contributed by atoms with Gasteiger partial charge < -0.3 is 24.4 Å². The average Bonchev–Trinajstić information content (AvgIpc) is 2.80. The van der Waals surface area contributed by atoms with Gasteiger partial charge in [0.05, 0.1) is 45.6 Å². The number of carbonyl (C=O) groups is 1. The highest BCUT2D eigenvalue weighted by Crippen LogP contribution is 2.26. The number of rotatable bonds is 7. The van der Waals surface area contributed by atoms with Gasteiger partial charge in [0, 0.05) is 11.5 Å². The Morgan fingerprint density at radius 3 is 2.90 bits per heavy atom. The van der Waals surface area contributed by atoms with Gasteiger partial charge in [-0.05, 0) is 6.07 Å². The van der Waals surface area contributed by atoms with E-state index in [4.69, 9.17) is 19.3 Å². The Bertz CT molecular complexity index is 475. The number of ether oxygens (including phenoxy) is 3. The molecule has 1 heterocycles. The number of methoxy groups -OCH3 is 1. The minimum Gasteiger partial charge on any atom is -0.496 e. The van der Waals surface area contributed by atoms with Crippen LogP contribution < -0.4 is 4.74 Å². The van der Waals surface area contributed by atoms with Gasteiger partial charge in [0.1, 0.15) is 5.75 Å². The van der Waals surface area contributed by atoms with Crippen molar-refractivity contribution in [2.24, 2.45) is 5.92 Å². The molecule has 0 aliphatic carbocycles. The van der Waals surface area contributed by atoms with Crippen LogP contribution in [0.25, 0.3) is 0 Å². The molecule has 0 aromatic heterocycles. The Morgan fingerprint density at radius 1 is 1.43 bits per heavy atom. The Morgan fingerprint density at radius 2 is 2.19 bits per heavy atom. The van der Waals surface area contributed by atoms with Crippen LogP contribution in [0, 0.1) is 5.92 Å². The monoisotopic (exact) mass is 296 g/mol. The predicted molar refractivity (Wildman–Crippen MR) is 74.1 cm³/mol. The molecule has 3 atom stereocenters. The van der Waals surface area contributed by atoms with Crippen LogP contribution in [0.5, 0.6) is 5.75 Å². The van der Waals surface area contributed by atoms with E-state index >= 15 is 0 Å². The van der Waals surface area contributed by atoms with E-state index in [0.717, 1.165) is 11.3 Å². The van der Waals surface area contributed by atoms with E-state index in [0.29, 0.717) is 6.61 Å². The summed E-state index contributed by atoms with van der Waals surface area (Å²) in [7, 11) is 1.60. The fourth-order valence-electron chi connectivity index (χ4n) is 2.47. The summed E-state index contributed by atoms with van der Waals surface area (Å²) in [5.41, 5.74) is 0.910. The highest BCUT2D eigenvalue weighted by molar-refractivity contribution is 5.67. The smallest absolute Gasteiger partial charge is 0.303 e. The number of hydrogen-bond donors (Lipinski definition) is 2. The van der Waals surface area contributed by atoms with Gasteiger partial charge in [0.2, 0.25) is 0 Å². The standard InChI is InChI=1S/C15H20O6/c1-19-13-5-3-2-4-10(13)7-20-9-14-11(6-15(17)18)12(16)8-21-14/h2-5,11-12,14,16H,6-9H2,1H3,(H,17,18)/t11-,12-,14+/m1/s1. The molecule has 1 fully saturated rings. The zero-order valence-electron chi connectivity index (χ0n) is 11.9. The van der Waals surface area contributed by atoms with Gasteiger partial charge in [-0.15, -0.1) is 0 Å². The fraction of sp³-hybridized carbons (Fsp3) is 0.533. The second-order valence-electron chi connectivity index (χ2n) is 5.03. The van der Waals surface area contributed by atoms with Crippen LogP contribution in [-0.4, -0.2) is 48.7 Å². The molecule has 0 saturated carbocycles. The highest BCUT2D eigenvalue weighted by atomic mass is 16.5. The van der Waals surface area contributed by atoms with Gasteiger partial charge in [-0.2, -0.15) is 0 Å². The maximum atomic E-state index is 10.8. The van der Waals surface area contributed by atoms with Gasteiger partial charge in [0.25, 0.3) is 0 Å². The molecule has 21 heavy (non-hydrogen) atoms. The molecule has 116 valence electrons. The maximum Gasteiger partial charge on any atom is 0.303 e. The van der Waals surface area contributed by atoms with Crippen LogP contribution in [0.3, 0.4) is 0 Å². The first-order chi connectivity index (χ1) is 10.1. The Kier molecular flexibility index (Phi) is 5.55. The summed E-state index contributed by atoms with van der Waals surface area (Å²) in [5, 5.41) is 18.6. The minimum absolute atomic E-state index is 0.121. The normalized spacial score (nSPS) is 25.0. The molecule has 1 saturated heterocycles. The highest BCUT2D eigenvalue weighted by Gasteiger charge is 2.37. The third kappa shape index (κ3) is 4.17. The Labute approximate surface area is 123 Å². The lowest BCUT2D eigenvalue weighted by molar-refractivity contribution is -0.139. The SMILES string of the molecule is COc1ccccc1COC[C@@H]1OC[C@@H](O)[C@H]1CC(=O)O. The largest absolute Gasteiger partial charge is 0.496 e. The molecule has 1 aliphatic rings. The average molecular weight is 296 g/mol. The summed E-state index contributed by atoms with van der Waals surface area (Å²) in [6.45, 7) is 0.743. The van der Waals surface area contributed by atoms with Crippen LogP contribution in [0.2, 0.25) is 0 Å². The summed E-state index contributed by atoms with van der Waals surface area (Å²) in [5.74, 6) is -0.633. The molecule has 0 amide bonds. The van der Waals surface area contributed by atoms with Crippen molar-refractivity contribution in [3.63, 3.8) is 0 Å². The number of carboxylic acid groups (broad SMARTS) is 1. The van der Waals surface area contributed by atoms with E-state index < -0.39 is 24.1 Å². The Balaban J connectivity index is 1.86. The van der Waals surface area contributed by atoms with Gasteiger partial charge >= 0.3 is 5.97 Å². The third-order valence-corrected chi connectivity index (χ3v) is 3.60. The summed E-state index contributed by atoms with van der Waals surface area (Å²) in [6, 6.07) is 7.52. The summed E-state index contributed by atoms with van der Waals surface area (Å²) in [6.07, 6.45) is -1.27. The number of carboxylic acids is 1. The lowest BCUT2D eigenvalue weighted by atomic mass is 9.96. The molecule has 0 radical (unpaired) electrons. The lowest BCUT2D eigenvalue weighted by Gasteiger charge is -2.18. The van der Waals surface area contributed by atoms with Crippen molar-refractivity contribution in [2.75, 3.05) is 20.3 Å². The quantitative estimate of drug-likeness (QED) is 0.782. The maximum absolute atomic E-state index is 10.8. The second-order valence-corrected chi connectivity index (χ2v) is 5.03. The number of aliphatic hydroxyl groups is 1. The number of benzene rings is 1. The molecule has 1 aliphatic heterocycles. The van der Waals surface area contributed by atoms with Gasteiger partial charge in [-0.3, -0.25) is 4.79 Å². The summed E-state index contributed by atoms with van der Waals surface area (Å²) < 4.78 is 16.2. The molecule has 2 N–H and O–H groups in total. The molecule has 1 aromatic carbocycles. The first-order valence-corrected chi connectivity index (χ1v) is 6.83. The van der Waals surface area contributed by atoms with Crippen molar-refractivity contribution in [3.8, 4) is 5.75 Å². The molecule has 2 rings (SSSR count). The third-order valence-electron chi connectivity index (χ3n) is 3.60. The van der Waals surface area contributed by atoms with E-state index in [-0.39, 0.29) is 19.6 Å². The molecule has 0 unspecified atom stereocenters. The molecule has 1 aromatic rings. The number of aliphatic carboxylic acids is 1. The summed E-state index contributed by atoms with van der Waals surface area (Å²) in [4.78, 5) is 10.8. The Hall–Kier alpha value is -1.63. The van der Waals surface area contributed by atoms with Crippen LogP contribution >= 0.6 is 0 Å². The van der Waals surface area contributed by atoms with E-state index in [2.05, 4.69) is 0 Å². The number of hydrogen-bond acceptors (Lipinski definition) is 5. The zero-order valence-corrected chi connectivity index (χ0v) is 11.9. The topological polar surface area (TPSA) is 85.2 Å². The van der Waals surface area contributed by atoms with Crippen LogP contribution in [0.4, 0.5) is 0 Å². The lowest BCUT2D eigenvalue weighted by Crippen LogP contribution is -2.30. The van der Waals surface area contributed by atoms with Crippen molar-refractivity contribution < 1.29 is 29.2 Å². The molecule has 0 bridgehead atoms. The number of aliphatic hydroxyl groups excluding tert-OH is 1. The minimum atomic E-state index is -0.945. The van der Waals surface area contributed by atoms with Gasteiger partial charge in [-0.1, -0.05) is 18.2 Å². The van der Waals surface area contributed by atoms with Crippen molar-refractivity contribution in [3.05, 3.63) is 29.8 Å². The van der Waals surface area contributed by atoms with Crippen molar-refractivity contribution in [2.45, 2.75) is 25.2 Å². The van der Waals surface area contributed by atoms with Gasteiger partial charge in [-0.25, -0.2) is 0 Å². The van der Waals surface area contributed by atoms with Crippen LogP contribution in [0.1, 0.15) is 12.0 Å². The predicted octanol–water partition coefficient (Wildman–Crippen LogP) is 1.06.